The summed E-state index contributed by atoms with van der Waals surface area (Å²) < 4.78 is 0. The Hall–Kier alpha value is -1.96. The number of aromatic nitrogens is 2. The van der Waals surface area contributed by atoms with Crippen molar-refractivity contribution in [2.45, 2.75) is 38.1 Å². The molecule has 2 rings (SSSR count). The average Bonchev–Trinajstić information content (AvgIpc) is 2.38. The summed E-state index contributed by atoms with van der Waals surface area (Å²) in [5, 5.41) is 23.8. The van der Waals surface area contributed by atoms with Crippen LogP contribution < -0.4 is 11.1 Å². The molecular formula is C12H19N5O3. The van der Waals surface area contributed by atoms with Gasteiger partial charge in [0.05, 0.1) is 17.1 Å². The maximum atomic E-state index is 11.0. The van der Waals surface area contributed by atoms with Crippen molar-refractivity contribution in [1.29, 1.82) is 0 Å². The van der Waals surface area contributed by atoms with Crippen molar-refractivity contribution in [1.82, 2.24) is 9.97 Å². The lowest BCUT2D eigenvalue weighted by Gasteiger charge is -2.39. The van der Waals surface area contributed by atoms with Crippen LogP contribution in [0.4, 0.5) is 17.5 Å². The summed E-state index contributed by atoms with van der Waals surface area (Å²) in [5.74, 6) is 0.488. The highest BCUT2D eigenvalue weighted by molar-refractivity contribution is 5.57. The van der Waals surface area contributed by atoms with Crippen molar-refractivity contribution >= 4 is 17.5 Å². The monoisotopic (exact) mass is 281 g/mol. The molecule has 1 fully saturated rings. The summed E-state index contributed by atoms with van der Waals surface area (Å²) in [6.45, 7) is 2.01. The van der Waals surface area contributed by atoms with Gasteiger partial charge in [-0.3, -0.25) is 10.1 Å². The summed E-state index contributed by atoms with van der Waals surface area (Å²) in [6, 6.07) is 0. The van der Waals surface area contributed by atoms with Gasteiger partial charge in [-0.2, -0.15) is 4.98 Å². The number of nitrogens with zero attached hydrogens (tertiary/aromatic N) is 3. The highest BCUT2D eigenvalue weighted by Gasteiger charge is 2.36. The van der Waals surface area contributed by atoms with Crippen molar-refractivity contribution in [3.8, 4) is 0 Å². The van der Waals surface area contributed by atoms with Crippen LogP contribution in [0.15, 0.2) is 6.20 Å². The van der Waals surface area contributed by atoms with E-state index in [1.165, 1.54) is 0 Å². The van der Waals surface area contributed by atoms with Gasteiger partial charge in [0.1, 0.15) is 6.20 Å². The first kappa shape index (κ1) is 14.4. The minimum atomic E-state index is -0.580. The van der Waals surface area contributed by atoms with Crippen molar-refractivity contribution in [2.75, 3.05) is 17.7 Å². The summed E-state index contributed by atoms with van der Waals surface area (Å²) >= 11 is 0. The molecule has 1 aromatic rings. The first-order valence-electron chi connectivity index (χ1n) is 6.62. The van der Waals surface area contributed by atoms with Gasteiger partial charge in [0.25, 0.3) is 0 Å². The van der Waals surface area contributed by atoms with Crippen molar-refractivity contribution in [2.24, 2.45) is 5.92 Å². The van der Waals surface area contributed by atoms with E-state index in [1.807, 2.05) is 0 Å². The molecule has 20 heavy (non-hydrogen) atoms. The molecule has 1 aromatic heterocycles. The Bertz CT molecular complexity index is 510. The number of rotatable bonds is 4. The molecule has 1 aliphatic carbocycles. The first-order chi connectivity index (χ1) is 9.46. The molecule has 8 heteroatoms. The van der Waals surface area contributed by atoms with Gasteiger partial charge in [-0.05, 0) is 18.8 Å². The number of aliphatic hydroxyl groups excluding tert-OH is 1. The topological polar surface area (TPSA) is 127 Å². The Balaban J connectivity index is 2.31. The number of nitrogen functional groups attached to an aromatic ring is 1. The van der Waals surface area contributed by atoms with Gasteiger partial charge in [-0.1, -0.05) is 19.8 Å². The highest BCUT2D eigenvalue weighted by atomic mass is 16.6. The van der Waals surface area contributed by atoms with E-state index < -0.39 is 10.5 Å². The molecule has 0 amide bonds. The molecule has 0 radical (unpaired) electrons. The molecule has 1 saturated carbocycles. The van der Waals surface area contributed by atoms with Crippen LogP contribution in [0.2, 0.25) is 0 Å². The van der Waals surface area contributed by atoms with Gasteiger partial charge in [0.2, 0.25) is 11.8 Å². The normalized spacial score (nSPS) is 26.2. The van der Waals surface area contributed by atoms with Crippen LogP contribution in [-0.4, -0.2) is 32.1 Å². The molecule has 110 valence electrons. The van der Waals surface area contributed by atoms with E-state index in [1.54, 1.807) is 0 Å². The minimum absolute atomic E-state index is 0.0324. The molecule has 8 nitrogen and oxygen atoms in total. The molecule has 2 atom stereocenters. The lowest BCUT2D eigenvalue weighted by atomic mass is 9.77. The molecule has 0 saturated heterocycles. The van der Waals surface area contributed by atoms with Crippen LogP contribution in [0.5, 0.6) is 0 Å². The Kier molecular flexibility index (Phi) is 4.03. The maximum absolute atomic E-state index is 11.0. The van der Waals surface area contributed by atoms with E-state index in [9.17, 15) is 15.2 Å². The highest BCUT2D eigenvalue weighted by Crippen LogP contribution is 2.36. The lowest BCUT2D eigenvalue weighted by Crippen LogP contribution is -2.46. The Morgan fingerprint density at radius 1 is 1.70 bits per heavy atom. The van der Waals surface area contributed by atoms with Crippen LogP contribution in [0, 0.1) is 16.0 Å². The summed E-state index contributed by atoms with van der Waals surface area (Å²) in [5.41, 5.74) is 4.69. The molecule has 1 heterocycles. The van der Waals surface area contributed by atoms with Crippen LogP contribution >= 0.6 is 0 Å². The smallest absolute Gasteiger partial charge is 0.329 e. The zero-order chi connectivity index (χ0) is 14.8. The number of nitrogens with one attached hydrogen (secondary N) is 1. The quantitative estimate of drug-likeness (QED) is 0.561. The van der Waals surface area contributed by atoms with Gasteiger partial charge in [0.15, 0.2) is 0 Å². The van der Waals surface area contributed by atoms with Crippen molar-refractivity contribution in [3.05, 3.63) is 16.3 Å². The maximum Gasteiger partial charge on any atom is 0.329 e. The van der Waals surface area contributed by atoms with E-state index in [4.69, 9.17) is 5.73 Å². The summed E-state index contributed by atoms with van der Waals surface area (Å²) in [4.78, 5) is 18.0. The number of hydrogen-bond donors (Lipinski definition) is 3. The molecule has 4 N–H and O–H groups in total. The second-order valence-corrected chi connectivity index (χ2v) is 5.48. The van der Waals surface area contributed by atoms with Crippen molar-refractivity contribution in [3.63, 3.8) is 0 Å². The third kappa shape index (κ3) is 2.96. The molecule has 0 spiro atoms. The van der Waals surface area contributed by atoms with Crippen LogP contribution in [-0.2, 0) is 0 Å². The number of aliphatic hydroxyl groups is 1. The number of nitrogens with two attached hydrogens (primary N) is 1. The molecular weight excluding hydrogens is 262 g/mol. The third-order valence-corrected chi connectivity index (χ3v) is 3.76. The standard InChI is InChI=1S/C12H19N5O3/c1-8-3-2-4-12(5-8,7-18)16-10-9(17(19)20)6-14-11(13)15-10/h6,8,18H,2-5,7H2,1H3,(H3,13,14,15,16). The SMILES string of the molecule is CC1CCCC(CO)(Nc2nc(N)ncc2[N+](=O)[O-])C1. The van der Waals surface area contributed by atoms with E-state index in [0.29, 0.717) is 5.92 Å². The second-order valence-electron chi connectivity index (χ2n) is 5.48. The lowest BCUT2D eigenvalue weighted by molar-refractivity contribution is -0.384. The van der Waals surface area contributed by atoms with Gasteiger partial charge in [0, 0.05) is 0 Å². The first-order valence-corrected chi connectivity index (χ1v) is 6.62. The van der Waals surface area contributed by atoms with Crippen LogP contribution in [0.1, 0.15) is 32.6 Å². The predicted molar refractivity (Wildman–Crippen MR) is 74.2 cm³/mol. The molecule has 0 bridgehead atoms. The number of hydrogen-bond acceptors (Lipinski definition) is 7. The summed E-state index contributed by atoms with van der Waals surface area (Å²) in [6.07, 6.45) is 4.63. The Morgan fingerprint density at radius 3 is 3.05 bits per heavy atom. The number of nitro groups is 1. The van der Waals surface area contributed by atoms with E-state index >= 15 is 0 Å². The van der Waals surface area contributed by atoms with Crippen molar-refractivity contribution < 1.29 is 10.0 Å². The largest absolute Gasteiger partial charge is 0.394 e. The fraction of sp³-hybridized carbons (Fsp3) is 0.667. The van der Waals surface area contributed by atoms with E-state index in [2.05, 4.69) is 22.2 Å². The van der Waals surface area contributed by atoms with Gasteiger partial charge in [-0.15, -0.1) is 0 Å². The second kappa shape index (κ2) is 5.58. The molecule has 1 aliphatic rings. The number of anilines is 2. The zero-order valence-corrected chi connectivity index (χ0v) is 11.4. The van der Waals surface area contributed by atoms with Crippen LogP contribution in [0.3, 0.4) is 0 Å². The van der Waals surface area contributed by atoms with E-state index in [-0.39, 0.29) is 24.1 Å². The van der Waals surface area contributed by atoms with Gasteiger partial charge < -0.3 is 16.2 Å². The Labute approximate surface area is 116 Å². The minimum Gasteiger partial charge on any atom is -0.394 e. The third-order valence-electron chi connectivity index (χ3n) is 3.76. The van der Waals surface area contributed by atoms with Gasteiger partial charge in [-0.25, -0.2) is 4.98 Å². The summed E-state index contributed by atoms with van der Waals surface area (Å²) in [7, 11) is 0. The molecule has 2 unspecified atom stereocenters. The van der Waals surface area contributed by atoms with Crippen LogP contribution in [0.25, 0.3) is 0 Å². The fourth-order valence-electron chi connectivity index (χ4n) is 2.82. The predicted octanol–water partition coefficient (Wildman–Crippen LogP) is 1.32. The average molecular weight is 281 g/mol. The fourth-order valence-corrected chi connectivity index (χ4v) is 2.82. The molecule has 0 aromatic carbocycles. The van der Waals surface area contributed by atoms with E-state index in [0.717, 1.165) is 31.9 Å². The zero-order valence-electron chi connectivity index (χ0n) is 11.4. The Morgan fingerprint density at radius 2 is 2.45 bits per heavy atom. The van der Waals surface area contributed by atoms with Gasteiger partial charge >= 0.3 is 5.69 Å². The molecule has 0 aliphatic heterocycles.